The molecule has 1 unspecified atom stereocenters. The van der Waals surface area contributed by atoms with E-state index in [-0.39, 0.29) is 41.6 Å². The standard InChI is InChI=1S/C48H53ClFN9O5/c49-35-25-36(50)27-37(26-35)53-48-52-29-40-41(31-59(45(40)56-48)38-11-13-39(60)14-12-38)34-9-6-33(7-10-34)30-58-21-19-57(20-22-58)18-2-1-3-23-64-24-4-5-32-8-15-42(51-28-32)46(62)54-43-16-17-44(61)55-47(43)63/h6-10,15,19,25-27,29,31,38-39,43,60H,1-5,11-14,16-18,20-24,30H2,(H-2,52,53,54,55,56,61,62,63)/p+2. The topological polar surface area (TPSA) is 168 Å². The van der Waals surface area contributed by atoms with Crippen molar-refractivity contribution in [2.45, 2.75) is 95.4 Å². The second-order valence-electron chi connectivity index (χ2n) is 17.0. The van der Waals surface area contributed by atoms with Crippen molar-refractivity contribution in [2.24, 2.45) is 0 Å². The molecule has 2 fully saturated rings. The number of rotatable bonds is 18. The number of piperidine rings is 1. The number of unbranched alkanes of at least 4 members (excludes halogenated alkanes) is 2. The normalized spacial score (nSPS) is 19.2. The number of aromatic nitrogens is 4. The first-order valence-corrected chi connectivity index (χ1v) is 22.8. The van der Waals surface area contributed by atoms with Crippen LogP contribution in [0.5, 0.6) is 0 Å². The number of nitrogens with one attached hydrogen (secondary N) is 3. The lowest BCUT2D eigenvalue weighted by atomic mass is 9.93. The highest BCUT2D eigenvalue weighted by molar-refractivity contribution is 6.30. The summed E-state index contributed by atoms with van der Waals surface area (Å²) in [6.07, 6.45) is 17.5. The maximum absolute atomic E-state index is 14.1. The lowest BCUT2D eigenvalue weighted by Crippen LogP contribution is -2.52. The monoisotopic (exact) mass is 891 g/mol. The van der Waals surface area contributed by atoms with Crippen molar-refractivity contribution in [3.05, 3.63) is 101 Å². The molecule has 3 aliphatic rings. The molecular formula is C48H55ClFN9O5+2. The molecule has 5 heterocycles. The van der Waals surface area contributed by atoms with Crippen molar-refractivity contribution < 1.29 is 38.2 Å². The number of carbonyl (C=O) groups excluding carboxylic acids is 3. The zero-order valence-corrected chi connectivity index (χ0v) is 36.7. The van der Waals surface area contributed by atoms with Crippen molar-refractivity contribution in [1.82, 2.24) is 30.1 Å². The third-order valence-corrected chi connectivity index (χ3v) is 12.4. The Hall–Kier alpha value is -5.79. The molecule has 1 saturated carbocycles. The van der Waals surface area contributed by atoms with E-state index >= 15 is 0 Å². The summed E-state index contributed by atoms with van der Waals surface area (Å²) >= 11 is 6.10. The molecule has 3 amide bonds. The SMILES string of the molecule is O=C1CCC(NC(=O)c2ccc(CCCOCCCCC[N+]3=CCN(Cc4ccc(-c5cn(C6CCC(O)CC6)c6nc(Nc7cc(F)cc(Cl)c7)ncc56)cc4)CC3)c#[n+]2)C(=O)N1. The Morgan fingerprint density at radius 1 is 1.03 bits per heavy atom. The summed E-state index contributed by atoms with van der Waals surface area (Å²) in [5.41, 5.74) is 5.74. The molecule has 14 nitrogen and oxygen atoms in total. The number of aryl methyl sites for hydroxylation is 1. The Morgan fingerprint density at radius 2 is 1.86 bits per heavy atom. The highest BCUT2D eigenvalue weighted by Crippen LogP contribution is 2.37. The molecule has 2 aliphatic heterocycles. The number of carbonyl (C=O) groups is 3. The summed E-state index contributed by atoms with van der Waals surface area (Å²) in [6.45, 7) is 6.22. The predicted molar refractivity (Wildman–Crippen MR) is 240 cm³/mol. The molecule has 16 heteroatoms. The zero-order chi connectivity index (χ0) is 44.4. The predicted octanol–water partition coefficient (Wildman–Crippen LogP) is 5.76. The van der Waals surface area contributed by atoms with Crippen molar-refractivity contribution in [3.63, 3.8) is 0 Å². The minimum atomic E-state index is -0.739. The van der Waals surface area contributed by atoms with E-state index in [1.54, 1.807) is 12.1 Å². The summed E-state index contributed by atoms with van der Waals surface area (Å²) in [4.78, 5) is 51.8. The van der Waals surface area contributed by atoms with Gasteiger partial charge in [-0.15, -0.1) is 0 Å². The van der Waals surface area contributed by atoms with Crippen LogP contribution >= 0.6 is 11.6 Å². The number of amides is 3. The molecule has 0 radical (unpaired) electrons. The van der Waals surface area contributed by atoms with Gasteiger partial charge in [-0.05, 0) is 98.2 Å². The van der Waals surface area contributed by atoms with Gasteiger partial charge in [0, 0.05) is 78.8 Å². The third-order valence-electron chi connectivity index (χ3n) is 12.2. The number of anilines is 2. The van der Waals surface area contributed by atoms with Gasteiger partial charge in [-0.2, -0.15) is 4.98 Å². The van der Waals surface area contributed by atoms with E-state index < -0.39 is 23.7 Å². The number of aliphatic hydroxyl groups is 1. The van der Waals surface area contributed by atoms with Gasteiger partial charge in [-0.25, -0.2) is 13.9 Å². The molecule has 1 aliphatic carbocycles. The molecule has 334 valence electrons. The van der Waals surface area contributed by atoms with E-state index in [1.165, 1.54) is 17.7 Å². The van der Waals surface area contributed by atoms with E-state index in [2.05, 4.69) is 82.8 Å². The molecule has 3 aromatic heterocycles. The fraction of sp³-hybridized carbons (Fsp3) is 0.438. The van der Waals surface area contributed by atoms with Crippen LogP contribution in [0, 0.1) is 12.0 Å². The van der Waals surface area contributed by atoms with Crippen LogP contribution in [-0.4, -0.2) is 105 Å². The second kappa shape index (κ2) is 21.3. The van der Waals surface area contributed by atoms with Gasteiger partial charge in [-0.1, -0.05) is 35.9 Å². The number of imide groups is 1. The summed E-state index contributed by atoms with van der Waals surface area (Å²) in [5, 5.41) is 19.4. The Bertz CT molecular complexity index is 2430. The molecule has 2 aromatic carbocycles. The first-order valence-electron chi connectivity index (χ1n) is 22.4. The Balaban J connectivity index is 0.745. The van der Waals surface area contributed by atoms with Crippen LogP contribution in [-0.2, 0) is 27.3 Å². The minimum absolute atomic E-state index is 0.182. The summed E-state index contributed by atoms with van der Waals surface area (Å²) in [7, 11) is 0. The second-order valence-corrected chi connectivity index (χ2v) is 17.4. The molecular weight excluding hydrogens is 837 g/mol. The van der Waals surface area contributed by atoms with Gasteiger partial charge < -0.3 is 25.0 Å². The number of hydrogen-bond acceptors (Lipinski definition) is 9. The smallest absolute Gasteiger partial charge is 0.393 e. The third kappa shape index (κ3) is 11.9. The molecule has 64 heavy (non-hydrogen) atoms. The largest absolute Gasteiger partial charge is 0.404 e. The quantitative estimate of drug-likeness (QED) is 0.0483. The molecule has 4 N–H and O–H groups in total. The number of ether oxygens (including phenoxy) is 1. The highest BCUT2D eigenvalue weighted by atomic mass is 35.5. The Labute approximate surface area is 377 Å². The summed E-state index contributed by atoms with van der Waals surface area (Å²) in [6, 6.07) is 15.9. The zero-order valence-electron chi connectivity index (χ0n) is 35.9. The van der Waals surface area contributed by atoms with Crippen LogP contribution in [0.1, 0.15) is 91.9 Å². The number of benzene rings is 2. The minimum Gasteiger partial charge on any atom is -0.393 e. The lowest BCUT2D eigenvalue weighted by Gasteiger charge is -2.27. The lowest BCUT2D eigenvalue weighted by molar-refractivity contribution is -0.530. The summed E-state index contributed by atoms with van der Waals surface area (Å²) < 4.78 is 24.6. The number of halogens is 2. The van der Waals surface area contributed by atoms with E-state index in [0.29, 0.717) is 18.2 Å². The average Bonchev–Trinajstić information content (AvgIpc) is 3.66. The molecule has 5 aromatic rings. The van der Waals surface area contributed by atoms with Gasteiger partial charge in [0.25, 0.3) is 0 Å². The Morgan fingerprint density at radius 3 is 2.61 bits per heavy atom. The number of fused-ring (bicyclic) bond motifs is 1. The first-order chi connectivity index (χ1) is 31.1. The fourth-order valence-electron chi connectivity index (χ4n) is 8.65. The molecule has 0 spiro atoms. The van der Waals surface area contributed by atoms with E-state index in [4.69, 9.17) is 21.3 Å². The van der Waals surface area contributed by atoms with Crippen LogP contribution in [0.25, 0.3) is 22.2 Å². The molecule has 1 atom stereocenters. The van der Waals surface area contributed by atoms with Gasteiger partial charge in [0.15, 0.2) is 12.8 Å². The van der Waals surface area contributed by atoms with Crippen LogP contribution in [0.3, 0.4) is 0 Å². The van der Waals surface area contributed by atoms with Crippen LogP contribution < -0.4 is 20.9 Å². The van der Waals surface area contributed by atoms with Crippen LogP contribution in [0.15, 0.2) is 67.0 Å². The maximum atomic E-state index is 14.1. The molecule has 8 rings (SSSR count). The van der Waals surface area contributed by atoms with Gasteiger partial charge >= 0.3 is 17.8 Å². The summed E-state index contributed by atoms with van der Waals surface area (Å²) in [5.74, 6) is -1.37. The highest BCUT2D eigenvalue weighted by Gasteiger charge is 2.31. The van der Waals surface area contributed by atoms with Gasteiger partial charge in [0.1, 0.15) is 24.1 Å². The van der Waals surface area contributed by atoms with E-state index in [0.717, 1.165) is 125 Å². The van der Waals surface area contributed by atoms with Crippen LogP contribution in [0.4, 0.5) is 16.0 Å². The fourth-order valence-corrected chi connectivity index (χ4v) is 8.87. The van der Waals surface area contributed by atoms with Crippen LogP contribution in [0.2, 0.25) is 5.02 Å². The van der Waals surface area contributed by atoms with Gasteiger partial charge in [-0.3, -0.25) is 24.6 Å². The van der Waals surface area contributed by atoms with Crippen molar-refractivity contribution >= 4 is 58.2 Å². The molecule has 1 saturated heterocycles. The molecule has 0 bridgehead atoms. The van der Waals surface area contributed by atoms with Gasteiger partial charge in [0.2, 0.25) is 17.8 Å². The van der Waals surface area contributed by atoms with Crippen molar-refractivity contribution in [1.29, 1.82) is 0 Å². The number of nitrogens with zero attached hydrogens (tertiary/aromatic N) is 6. The average molecular weight is 892 g/mol. The van der Waals surface area contributed by atoms with E-state index in [1.807, 2.05) is 12.3 Å². The first kappa shape index (κ1) is 44.8. The van der Waals surface area contributed by atoms with E-state index in [9.17, 15) is 23.9 Å². The van der Waals surface area contributed by atoms with Gasteiger partial charge in [0.05, 0.1) is 24.8 Å². The number of aliphatic hydroxyl groups excluding tert-OH is 1. The number of hydrogen-bond donors (Lipinski definition) is 4. The van der Waals surface area contributed by atoms with Crippen molar-refractivity contribution in [3.8, 4) is 11.1 Å². The Kier molecular flexibility index (Phi) is 14.9. The van der Waals surface area contributed by atoms with Crippen molar-refractivity contribution in [2.75, 3.05) is 44.7 Å². The maximum Gasteiger partial charge on any atom is 0.404 e.